The number of benzene rings is 2. The topological polar surface area (TPSA) is 57.6 Å². The second kappa shape index (κ2) is 6.48. The van der Waals surface area contributed by atoms with Gasteiger partial charge in [-0.2, -0.15) is 0 Å². The fraction of sp³-hybridized carbons (Fsp3) is 0.300. The first-order chi connectivity index (χ1) is 11.5. The van der Waals surface area contributed by atoms with Gasteiger partial charge in [-0.05, 0) is 60.2 Å². The molecule has 1 aliphatic heterocycles. The number of fused-ring (bicyclic) bond motifs is 1. The first-order valence-electron chi connectivity index (χ1n) is 8.13. The van der Waals surface area contributed by atoms with Crippen molar-refractivity contribution in [3.63, 3.8) is 0 Å². The second-order valence-electron chi connectivity index (χ2n) is 6.40. The van der Waals surface area contributed by atoms with Crippen molar-refractivity contribution >= 4 is 11.9 Å². The minimum absolute atomic E-state index is 0.0961. The van der Waals surface area contributed by atoms with Crippen LogP contribution in [0.5, 0.6) is 0 Å². The van der Waals surface area contributed by atoms with E-state index >= 15 is 0 Å². The summed E-state index contributed by atoms with van der Waals surface area (Å²) in [6.45, 7) is 5.23. The first kappa shape index (κ1) is 16.2. The van der Waals surface area contributed by atoms with Gasteiger partial charge in [0.15, 0.2) is 0 Å². The van der Waals surface area contributed by atoms with Crippen LogP contribution in [0.2, 0.25) is 0 Å². The third kappa shape index (κ3) is 3.18. The summed E-state index contributed by atoms with van der Waals surface area (Å²) in [7, 11) is 0. The number of nitrogens with zero attached hydrogens (tertiary/aromatic N) is 1. The van der Waals surface area contributed by atoms with Crippen molar-refractivity contribution in [3.05, 3.63) is 69.8 Å². The Labute approximate surface area is 141 Å². The molecule has 0 bridgehead atoms. The lowest BCUT2D eigenvalue weighted by molar-refractivity contribution is -0.131. The molecule has 1 N–H and O–H groups in total. The average molecular weight is 323 g/mol. The lowest BCUT2D eigenvalue weighted by Crippen LogP contribution is -2.37. The van der Waals surface area contributed by atoms with E-state index in [2.05, 4.69) is 0 Å². The zero-order valence-electron chi connectivity index (χ0n) is 14.0. The van der Waals surface area contributed by atoms with Gasteiger partial charge in [0.25, 0.3) is 0 Å². The maximum atomic E-state index is 12.7. The van der Waals surface area contributed by atoms with Crippen LogP contribution in [0.25, 0.3) is 0 Å². The predicted octanol–water partition coefficient (Wildman–Crippen LogP) is 3.13. The summed E-state index contributed by atoms with van der Waals surface area (Å²) < 4.78 is 0. The van der Waals surface area contributed by atoms with E-state index in [1.165, 1.54) is 0 Å². The molecule has 0 aromatic heterocycles. The van der Waals surface area contributed by atoms with Crippen LogP contribution in [0.3, 0.4) is 0 Å². The van der Waals surface area contributed by atoms with Crippen molar-refractivity contribution < 1.29 is 14.7 Å². The van der Waals surface area contributed by atoms with Gasteiger partial charge < -0.3 is 10.0 Å². The summed E-state index contributed by atoms with van der Waals surface area (Å²) in [6.07, 6.45) is 1.17. The van der Waals surface area contributed by atoms with Crippen molar-refractivity contribution in [1.82, 2.24) is 4.90 Å². The zero-order chi connectivity index (χ0) is 17.3. The molecule has 0 fully saturated rings. The maximum Gasteiger partial charge on any atom is 0.335 e. The molecule has 0 aliphatic carbocycles. The summed E-state index contributed by atoms with van der Waals surface area (Å²) in [5.74, 6) is -0.837. The Morgan fingerprint density at radius 3 is 2.46 bits per heavy atom. The fourth-order valence-electron chi connectivity index (χ4n) is 3.29. The largest absolute Gasteiger partial charge is 0.478 e. The van der Waals surface area contributed by atoms with E-state index in [1.54, 1.807) is 12.1 Å². The molecule has 2 aromatic rings. The van der Waals surface area contributed by atoms with E-state index in [1.807, 2.05) is 43.0 Å². The van der Waals surface area contributed by atoms with Crippen molar-refractivity contribution in [1.29, 1.82) is 0 Å². The molecule has 4 heteroatoms. The number of carbonyl (C=O) groups is 2. The zero-order valence-corrected chi connectivity index (χ0v) is 14.0. The van der Waals surface area contributed by atoms with Crippen molar-refractivity contribution in [2.75, 3.05) is 6.54 Å². The molecule has 3 rings (SSSR count). The van der Waals surface area contributed by atoms with E-state index in [-0.39, 0.29) is 11.5 Å². The molecule has 0 saturated carbocycles. The maximum absolute atomic E-state index is 12.7. The van der Waals surface area contributed by atoms with Crippen LogP contribution in [-0.4, -0.2) is 28.4 Å². The van der Waals surface area contributed by atoms with Crippen LogP contribution in [0, 0.1) is 13.8 Å². The molecule has 1 heterocycles. The van der Waals surface area contributed by atoms with Crippen molar-refractivity contribution in [2.24, 2.45) is 0 Å². The molecular weight excluding hydrogens is 302 g/mol. The Kier molecular flexibility index (Phi) is 4.38. The predicted molar refractivity (Wildman–Crippen MR) is 92.1 cm³/mol. The SMILES string of the molecule is Cc1cccc(C)c1CC(=O)N1CCc2ccc(C(=O)O)cc2C1. The Balaban J connectivity index is 1.78. The summed E-state index contributed by atoms with van der Waals surface area (Å²) in [6, 6.07) is 11.3. The number of aryl methyl sites for hydroxylation is 2. The van der Waals surface area contributed by atoms with Crippen molar-refractivity contribution in [3.8, 4) is 0 Å². The molecule has 0 radical (unpaired) electrons. The molecule has 1 amide bonds. The fourth-order valence-corrected chi connectivity index (χ4v) is 3.29. The highest BCUT2D eigenvalue weighted by Gasteiger charge is 2.22. The standard InChI is InChI=1S/C20H21NO3/c1-13-4-3-5-14(2)18(13)11-19(22)21-9-8-15-6-7-16(20(23)24)10-17(15)12-21/h3-7,10H,8-9,11-12H2,1-2H3,(H,23,24). The lowest BCUT2D eigenvalue weighted by Gasteiger charge is -2.29. The van der Waals surface area contributed by atoms with Gasteiger partial charge in [0.05, 0.1) is 12.0 Å². The van der Waals surface area contributed by atoms with Gasteiger partial charge in [-0.15, -0.1) is 0 Å². The number of rotatable bonds is 3. The number of carboxylic acids is 1. The van der Waals surface area contributed by atoms with Crippen LogP contribution < -0.4 is 0 Å². The van der Waals surface area contributed by atoms with E-state index in [0.29, 0.717) is 19.5 Å². The molecule has 1 aliphatic rings. The summed E-state index contributed by atoms with van der Waals surface area (Å²) in [5, 5.41) is 9.14. The summed E-state index contributed by atoms with van der Waals surface area (Å²) in [5.41, 5.74) is 5.71. The van der Waals surface area contributed by atoms with Crippen molar-refractivity contribution in [2.45, 2.75) is 33.2 Å². The molecule has 0 unspecified atom stereocenters. The van der Waals surface area contributed by atoms with Crippen LogP contribution in [-0.2, 0) is 24.2 Å². The third-order valence-electron chi connectivity index (χ3n) is 4.79. The molecule has 24 heavy (non-hydrogen) atoms. The van der Waals surface area contributed by atoms with Gasteiger partial charge in [-0.3, -0.25) is 4.79 Å². The lowest BCUT2D eigenvalue weighted by atomic mass is 9.95. The Morgan fingerprint density at radius 2 is 1.79 bits per heavy atom. The molecule has 2 aromatic carbocycles. The quantitative estimate of drug-likeness (QED) is 0.944. The van der Waals surface area contributed by atoms with E-state index in [0.717, 1.165) is 34.2 Å². The van der Waals surface area contributed by atoms with Gasteiger partial charge in [-0.1, -0.05) is 24.3 Å². The van der Waals surface area contributed by atoms with Gasteiger partial charge in [0.1, 0.15) is 0 Å². The van der Waals surface area contributed by atoms with Gasteiger partial charge in [0.2, 0.25) is 5.91 Å². The molecule has 4 nitrogen and oxygen atoms in total. The number of hydrogen-bond donors (Lipinski definition) is 1. The first-order valence-corrected chi connectivity index (χ1v) is 8.13. The monoisotopic (exact) mass is 323 g/mol. The third-order valence-corrected chi connectivity index (χ3v) is 4.79. The van der Waals surface area contributed by atoms with Crippen LogP contribution in [0.4, 0.5) is 0 Å². The molecule has 0 atom stereocenters. The number of aromatic carboxylic acids is 1. The van der Waals surface area contributed by atoms with Crippen LogP contribution in [0.1, 0.15) is 38.2 Å². The van der Waals surface area contributed by atoms with Gasteiger partial charge >= 0.3 is 5.97 Å². The highest BCUT2D eigenvalue weighted by atomic mass is 16.4. The summed E-state index contributed by atoms with van der Waals surface area (Å²) >= 11 is 0. The minimum atomic E-state index is -0.934. The number of carbonyl (C=O) groups excluding carboxylic acids is 1. The highest BCUT2D eigenvalue weighted by molar-refractivity contribution is 5.88. The second-order valence-corrected chi connectivity index (χ2v) is 6.40. The number of carboxylic acid groups (broad SMARTS) is 1. The van der Waals surface area contributed by atoms with Crippen LogP contribution in [0.15, 0.2) is 36.4 Å². The number of amides is 1. The van der Waals surface area contributed by atoms with E-state index in [4.69, 9.17) is 5.11 Å². The normalized spacial score (nSPS) is 13.5. The molecule has 124 valence electrons. The Morgan fingerprint density at radius 1 is 1.08 bits per heavy atom. The van der Waals surface area contributed by atoms with E-state index < -0.39 is 5.97 Å². The Hall–Kier alpha value is -2.62. The Bertz CT molecular complexity index is 790. The smallest absolute Gasteiger partial charge is 0.335 e. The van der Waals surface area contributed by atoms with Crippen LogP contribution >= 0.6 is 0 Å². The van der Waals surface area contributed by atoms with Gasteiger partial charge in [0, 0.05) is 13.1 Å². The van der Waals surface area contributed by atoms with E-state index in [9.17, 15) is 9.59 Å². The molecule has 0 saturated heterocycles. The molecule has 0 spiro atoms. The highest BCUT2D eigenvalue weighted by Crippen LogP contribution is 2.22. The summed E-state index contributed by atoms with van der Waals surface area (Å²) in [4.78, 5) is 25.7. The average Bonchev–Trinajstić information content (AvgIpc) is 2.57. The molecular formula is C20H21NO3. The van der Waals surface area contributed by atoms with Gasteiger partial charge in [-0.25, -0.2) is 4.79 Å². The number of hydrogen-bond acceptors (Lipinski definition) is 2. The minimum Gasteiger partial charge on any atom is -0.478 e.